The summed E-state index contributed by atoms with van der Waals surface area (Å²) in [7, 11) is 0. The van der Waals surface area contributed by atoms with Crippen LogP contribution in [0.2, 0.25) is 0 Å². The van der Waals surface area contributed by atoms with Crippen LogP contribution in [0, 0.1) is 0 Å². The van der Waals surface area contributed by atoms with Gasteiger partial charge in [-0.05, 0) is 13.0 Å². The van der Waals surface area contributed by atoms with Crippen LogP contribution < -0.4 is 16.8 Å². The predicted octanol–water partition coefficient (Wildman–Crippen LogP) is -0.265. The molecule has 1 aromatic rings. The maximum atomic E-state index is 10.6. The van der Waals surface area contributed by atoms with E-state index in [4.69, 9.17) is 11.5 Å². The van der Waals surface area contributed by atoms with Gasteiger partial charge in [0.25, 0.3) is 0 Å². The van der Waals surface area contributed by atoms with Crippen molar-refractivity contribution in [1.29, 1.82) is 0 Å². The second kappa shape index (κ2) is 4.40. The van der Waals surface area contributed by atoms with Gasteiger partial charge in [-0.15, -0.1) is 0 Å². The molecule has 1 unspecified atom stereocenters. The number of nitrogens with one attached hydrogen (secondary N) is 1. The van der Waals surface area contributed by atoms with Gasteiger partial charge in [0.05, 0.1) is 0 Å². The van der Waals surface area contributed by atoms with E-state index in [2.05, 4.69) is 15.3 Å². The molecule has 0 saturated heterocycles. The molecule has 0 bridgehead atoms. The molecule has 6 nitrogen and oxygen atoms in total. The largest absolute Gasteiger partial charge is 0.370 e. The highest BCUT2D eigenvalue weighted by molar-refractivity contribution is 5.74. The zero-order valence-electron chi connectivity index (χ0n) is 7.90. The number of amides is 1. The molecule has 1 rings (SSSR count). The van der Waals surface area contributed by atoms with Gasteiger partial charge in [0.15, 0.2) is 0 Å². The summed E-state index contributed by atoms with van der Waals surface area (Å²) in [6, 6.07) is 1.61. The number of nitrogens with two attached hydrogens (primary N) is 2. The summed E-state index contributed by atoms with van der Waals surface area (Å²) in [4.78, 5) is 18.3. The normalized spacial score (nSPS) is 12.1. The molecule has 0 aliphatic heterocycles. The zero-order chi connectivity index (χ0) is 10.6. The quantitative estimate of drug-likeness (QED) is 0.613. The molecule has 76 valence electrons. The SMILES string of the molecule is CC(CC(N)=O)Nc1ccnc(N)n1. The Morgan fingerprint density at radius 2 is 2.43 bits per heavy atom. The Balaban J connectivity index is 2.55. The van der Waals surface area contributed by atoms with Crippen molar-refractivity contribution in [3.63, 3.8) is 0 Å². The van der Waals surface area contributed by atoms with E-state index in [-0.39, 0.29) is 24.3 Å². The number of carbonyl (C=O) groups excluding carboxylic acids is 1. The lowest BCUT2D eigenvalue weighted by atomic mass is 10.2. The van der Waals surface area contributed by atoms with E-state index in [9.17, 15) is 4.79 Å². The van der Waals surface area contributed by atoms with Gasteiger partial charge in [-0.25, -0.2) is 4.98 Å². The maximum absolute atomic E-state index is 10.6. The smallest absolute Gasteiger partial charge is 0.221 e. The minimum Gasteiger partial charge on any atom is -0.370 e. The van der Waals surface area contributed by atoms with E-state index in [1.807, 2.05) is 6.92 Å². The van der Waals surface area contributed by atoms with Crippen LogP contribution in [0.4, 0.5) is 11.8 Å². The minimum atomic E-state index is -0.355. The number of hydrogen-bond acceptors (Lipinski definition) is 5. The number of hydrogen-bond donors (Lipinski definition) is 3. The van der Waals surface area contributed by atoms with Crippen LogP contribution in [0.25, 0.3) is 0 Å². The highest BCUT2D eigenvalue weighted by Crippen LogP contribution is 2.05. The summed E-state index contributed by atoms with van der Waals surface area (Å²) in [5.74, 6) is 0.430. The van der Waals surface area contributed by atoms with E-state index in [0.717, 1.165) is 0 Å². The number of rotatable bonds is 4. The van der Waals surface area contributed by atoms with Crippen LogP contribution in [0.1, 0.15) is 13.3 Å². The molecular formula is C8H13N5O. The molecule has 0 saturated carbocycles. The lowest BCUT2D eigenvalue weighted by molar-refractivity contribution is -0.118. The number of nitrogens with zero attached hydrogens (tertiary/aromatic N) is 2. The van der Waals surface area contributed by atoms with Crippen molar-refractivity contribution < 1.29 is 4.79 Å². The molecule has 1 aromatic heterocycles. The van der Waals surface area contributed by atoms with E-state index < -0.39 is 0 Å². The first-order valence-electron chi connectivity index (χ1n) is 4.21. The number of primary amides is 1. The number of anilines is 2. The zero-order valence-corrected chi connectivity index (χ0v) is 7.90. The monoisotopic (exact) mass is 195 g/mol. The molecule has 1 heterocycles. The summed E-state index contributed by atoms with van der Waals surface area (Å²) in [6.45, 7) is 1.84. The molecule has 1 atom stereocenters. The van der Waals surface area contributed by atoms with Gasteiger partial charge < -0.3 is 16.8 Å². The first-order valence-corrected chi connectivity index (χ1v) is 4.21. The maximum Gasteiger partial charge on any atom is 0.221 e. The standard InChI is InChI=1S/C8H13N5O/c1-5(4-6(9)14)12-7-2-3-11-8(10)13-7/h2-3,5H,4H2,1H3,(H2,9,14)(H3,10,11,12,13). The Labute approximate surface area is 81.7 Å². The number of aromatic nitrogens is 2. The van der Waals surface area contributed by atoms with Crippen molar-refractivity contribution >= 4 is 17.7 Å². The summed E-state index contributed by atoms with van der Waals surface area (Å²) >= 11 is 0. The van der Waals surface area contributed by atoms with Crippen molar-refractivity contribution in [3.8, 4) is 0 Å². The van der Waals surface area contributed by atoms with E-state index in [1.54, 1.807) is 12.3 Å². The van der Waals surface area contributed by atoms with E-state index in [1.165, 1.54) is 0 Å². The summed E-state index contributed by atoms with van der Waals surface area (Å²) in [5, 5.41) is 2.98. The van der Waals surface area contributed by atoms with Crippen molar-refractivity contribution in [2.75, 3.05) is 11.1 Å². The fourth-order valence-corrected chi connectivity index (χ4v) is 1.06. The number of carbonyl (C=O) groups is 1. The predicted molar refractivity (Wildman–Crippen MR) is 53.3 cm³/mol. The van der Waals surface area contributed by atoms with Crippen molar-refractivity contribution in [1.82, 2.24) is 9.97 Å². The fraction of sp³-hybridized carbons (Fsp3) is 0.375. The third kappa shape index (κ3) is 3.26. The molecule has 1 amide bonds. The third-order valence-corrected chi connectivity index (χ3v) is 1.58. The molecule has 0 aliphatic rings. The average Bonchev–Trinajstić information content (AvgIpc) is 2.01. The van der Waals surface area contributed by atoms with Crippen LogP contribution in [0.3, 0.4) is 0 Å². The third-order valence-electron chi connectivity index (χ3n) is 1.58. The minimum absolute atomic E-state index is 0.0678. The van der Waals surface area contributed by atoms with Gasteiger partial charge in [0, 0.05) is 18.7 Å². The molecule has 0 aliphatic carbocycles. The molecule has 0 aromatic carbocycles. The molecule has 0 spiro atoms. The van der Waals surface area contributed by atoms with Gasteiger partial charge >= 0.3 is 0 Å². The van der Waals surface area contributed by atoms with Crippen molar-refractivity contribution in [3.05, 3.63) is 12.3 Å². The Morgan fingerprint density at radius 1 is 1.71 bits per heavy atom. The molecule has 6 heteroatoms. The second-order valence-electron chi connectivity index (χ2n) is 3.02. The Kier molecular flexibility index (Phi) is 3.22. The van der Waals surface area contributed by atoms with Crippen molar-refractivity contribution in [2.24, 2.45) is 5.73 Å². The fourth-order valence-electron chi connectivity index (χ4n) is 1.06. The molecule has 0 radical (unpaired) electrons. The summed E-state index contributed by atoms with van der Waals surface area (Å²) in [5.41, 5.74) is 10.4. The van der Waals surface area contributed by atoms with E-state index in [0.29, 0.717) is 5.82 Å². The van der Waals surface area contributed by atoms with Gasteiger partial charge in [0.1, 0.15) is 5.82 Å². The first kappa shape index (κ1) is 10.2. The van der Waals surface area contributed by atoms with Gasteiger partial charge in [0.2, 0.25) is 11.9 Å². The Hall–Kier alpha value is -1.85. The highest BCUT2D eigenvalue weighted by atomic mass is 16.1. The van der Waals surface area contributed by atoms with Gasteiger partial charge in [-0.3, -0.25) is 4.79 Å². The van der Waals surface area contributed by atoms with Crippen LogP contribution in [0.5, 0.6) is 0 Å². The van der Waals surface area contributed by atoms with Gasteiger partial charge in [-0.2, -0.15) is 4.98 Å². The second-order valence-corrected chi connectivity index (χ2v) is 3.02. The van der Waals surface area contributed by atoms with Crippen LogP contribution in [-0.2, 0) is 4.79 Å². The Bertz CT molecular complexity index is 327. The summed E-state index contributed by atoms with van der Waals surface area (Å²) < 4.78 is 0. The Morgan fingerprint density at radius 3 is 3.00 bits per heavy atom. The van der Waals surface area contributed by atoms with Gasteiger partial charge in [-0.1, -0.05) is 0 Å². The number of nitrogen functional groups attached to an aromatic ring is 1. The van der Waals surface area contributed by atoms with E-state index >= 15 is 0 Å². The molecule has 5 N–H and O–H groups in total. The molecule has 0 fully saturated rings. The van der Waals surface area contributed by atoms with Crippen LogP contribution in [-0.4, -0.2) is 21.9 Å². The molecule has 14 heavy (non-hydrogen) atoms. The van der Waals surface area contributed by atoms with Crippen molar-refractivity contribution in [2.45, 2.75) is 19.4 Å². The first-order chi connectivity index (χ1) is 6.58. The summed E-state index contributed by atoms with van der Waals surface area (Å²) in [6.07, 6.45) is 1.80. The highest BCUT2D eigenvalue weighted by Gasteiger charge is 2.06. The topological polar surface area (TPSA) is 107 Å². The lowest BCUT2D eigenvalue weighted by Crippen LogP contribution is -2.24. The molecular weight excluding hydrogens is 182 g/mol. The average molecular weight is 195 g/mol. The lowest BCUT2D eigenvalue weighted by Gasteiger charge is -2.12. The van der Waals surface area contributed by atoms with Crippen LogP contribution >= 0.6 is 0 Å². The van der Waals surface area contributed by atoms with Crippen LogP contribution in [0.15, 0.2) is 12.3 Å².